The van der Waals surface area contributed by atoms with Crippen molar-refractivity contribution in [1.29, 1.82) is 5.26 Å². The highest BCUT2D eigenvalue weighted by Crippen LogP contribution is 2.27. The van der Waals surface area contributed by atoms with Crippen molar-refractivity contribution in [2.24, 2.45) is 0 Å². The van der Waals surface area contributed by atoms with Gasteiger partial charge in [-0.1, -0.05) is 0 Å². The van der Waals surface area contributed by atoms with E-state index in [0.717, 1.165) is 48.3 Å². The summed E-state index contributed by atoms with van der Waals surface area (Å²) in [5, 5.41) is 15.6. The molecule has 3 heterocycles. The van der Waals surface area contributed by atoms with Crippen LogP contribution in [-0.4, -0.2) is 41.1 Å². The zero-order valence-electron chi connectivity index (χ0n) is 14.0. The Morgan fingerprint density at radius 1 is 1.15 bits per heavy atom. The summed E-state index contributed by atoms with van der Waals surface area (Å²) in [6.07, 6.45) is 1.82. The van der Waals surface area contributed by atoms with Gasteiger partial charge in [0.1, 0.15) is 5.82 Å². The van der Waals surface area contributed by atoms with E-state index in [-0.39, 0.29) is 0 Å². The number of thiazole rings is 1. The van der Waals surface area contributed by atoms with E-state index in [1.165, 1.54) is 0 Å². The van der Waals surface area contributed by atoms with Crippen molar-refractivity contribution < 1.29 is 0 Å². The van der Waals surface area contributed by atoms with Crippen molar-refractivity contribution in [2.45, 2.75) is 0 Å². The van der Waals surface area contributed by atoms with Crippen LogP contribution in [0.3, 0.4) is 0 Å². The number of hydrogen-bond acceptors (Lipinski definition) is 8. The normalized spacial score (nSPS) is 14.0. The van der Waals surface area contributed by atoms with Gasteiger partial charge in [-0.15, -0.1) is 11.3 Å². The SMILES string of the molecule is N#Cc1ccc(Nc2cc(-c3cncs3)nc(N3CCNCC3)n2)cc1. The van der Waals surface area contributed by atoms with E-state index in [9.17, 15) is 0 Å². The molecular formula is C18H17N7S. The molecule has 7 nitrogen and oxygen atoms in total. The highest BCUT2D eigenvalue weighted by molar-refractivity contribution is 7.13. The first-order valence-electron chi connectivity index (χ1n) is 8.32. The van der Waals surface area contributed by atoms with Crippen molar-refractivity contribution in [1.82, 2.24) is 20.3 Å². The third-order valence-corrected chi connectivity index (χ3v) is 4.88. The van der Waals surface area contributed by atoms with Crippen LogP contribution >= 0.6 is 11.3 Å². The molecule has 130 valence electrons. The predicted octanol–water partition coefficient (Wildman–Crippen LogP) is 2.62. The van der Waals surface area contributed by atoms with Gasteiger partial charge < -0.3 is 15.5 Å². The molecule has 0 bridgehead atoms. The first-order valence-corrected chi connectivity index (χ1v) is 9.20. The zero-order chi connectivity index (χ0) is 17.8. The Kier molecular flexibility index (Phi) is 4.73. The standard InChI is InChI=1S/C18H17N7S/c19-10-13-1-3-14(4-2-13)22-17-9-15(16-11-21-12-26-16)23-18(24-17)25-7-5-20-6-8-25/h1-4,9,11-12,20H,5-8H2,(H,22,23,24). The maximum absolute atomic E-state index is 8.93. The molecule has 4 rings (SSSR count). The summed E-state index contributed by atoms with van der Waals surface area (Å²) in [6.45, 7) is 3.60. The third kappa shape index (κ3) is 3.64. The molecule has 1 aromatic carbocycles. The van der Waals surface area contributed by atoms with Gasteiger partial charge in [0.2, 0.25) is 5.95 Å². The number of nitrogens with zero attached hydrogens (tertiary/aromatic N) is 5. The second-order valence-electron chi connectivity index (χ2n) is 5.86. The Bertz CT molecular complexity index is 910. The molecule has 0 spiro atoms. The number of nitrogens with one attached hydrogen (secondary N) is 2. The van der Waals surface area contributed by atoms with Crippen molar-refractivity contribution in [2.75, 3.05) is 36.4 Å². The van der Waals surface area contributed by atoms with Gasteiger partial charge in [0.05, 0.1) is 27.7 Å². The molecule has 0 amide bonds. The maximum atomic E-state index is 8.93. The monoisotopic (exact) mass is 363 g/mol. The number of aromatic nitrogens is 3. The van der Waals surface area contributed by atoms with Crippen LogP contribution < -0.4 is 15.5 Å². The van der Waals surface area contributed by atoms with Crippen LogP contribution in [0.15, 0.2) is 42.0 Å². The number of rotatable bonds is 4. The minimum Gasteiger partial charge on any atom is -0.340 e. The number of nitriles is 1. The predicted molar refractivity (Wildman–Crippen MR) is 103 cm³/mol. The van der Waals surface area contributed by atoms with Crippen LogP contribution in [0.1, 0.15) is 5.56 Å². The van der Waals surface area contributed by atoms with Crippen LogP contribution in [0.4, 0.5) is 17.5 Å². The summed E-state index contributed by atoms with van der Waals surface area (Å²) in [6, 6.07) is 11.4. The van der Waals surface area contributed by atoms with Crippen molar-refractivity contribution in [3.63, 3.8) is 0 Å². The molecule has 8 heteroatoms. The molecule has 0 unspecified atom stereocenters. The summed E-state index contributed by atoms with van der Waals surface area (Å²) in [5.41, 5.74) is 4.16. The Balaban J connectivity index is 1.67. The van der Waals surface area contributed by atoms with E-state index in [0.29, 0.717) is 11.5 Å². The number of benzene rings is 1. The van der Waals surface area contributed by atoms with E-state index >= 15 is 0 Å². The van der Waals surface area contributed by atoms with Crippen LogP contribution in [-0.2, 0) is 0 Å². The molecule has 1 fully saturated rings. The van der Waals surface area contributed by atoms with Gasteiger partial charge in [0, 0.05) is 44.1 Å². The van der Waals surface area contributed by atoms with Gasteiger partial charge >= 0.3 is 0 Å². The second kappa shape index (κ2) is 7.47. The summed E-state index contributed by atoms with van der Waals surface area (Å²) in [4.78, 5) is 16.8. The Morgan fingerprint density at radius 2 is 1.96 bits per heavy atom. The molecule has 0 atom stereocenters. The van der Waals surface area contributed by atoms with E-state index in [1.807, 2.05) is 24.4 Å². The van der Waals surface area contributed by atoms with Gasteiger partial charge in [-0.2, -0.15) is 10.2 Å². The molecule has 1 aliphatic heterocycles. The van der Waals surface area contributed by atoms with E-state index in [4.69, 9.17) is 15.2 Å². The van der Waals surface area contributed by atoms with Gasteiger partial charge in [-0.05, 0) is 24.3 Å². The first kappa shape index (κ1) is 16.4. The Labute approximate surface area is 155 Å². The minimum absolute atomic E-state index is 0.630. The Morgan fingerprint density at radius 3 is 2.65 bits per heavy atom. The molecular weight excluding hydrogens is 346 g/mol. The van der Waals surface area contributed by atoms with Gasteiger partial charge in [0.25, 0.3) is 0 Å². The van der Waals surface area contributed by atoms with E-state index < -0.39 is 0 Å². The number of anilines is 3. The quantitative estimate of drug-likeness (QED) is 0.736. The van der Waals surface area contributed by atoms with Gasteiger partial charge in [-0.25, -0.2) is 4.98 Å². The molecule has 2 N–H and O–H groups in total. The summed E-state index contributed by atoms with van der Waals surface area (Å²) >= 11 is 1.56. The fourth-order valence-corrected chi connectivity index (χ4v) is 3.33. The average molecular weight is 363 g/mol. The third-order valence-electron chi connectivity index (χ3n) is 4.09. The lowest BCUT2D eigenvalue weighted by molar-refractivity contribution is 0.580. The van der Waals surface area contributed by atoms with E-state index in [1.54, 1.807) is 29.0 Å². The lowest BCUT2D eigenvalue weighted by atomic mass is 10.2. The van der Waals surface area contributed by atoms with Crippen molar-refractivity contribution >= 4 is 28.8 Å². The zero-order valence-corrected chi connectivity index (χ0v) is 14.8. The topological polar surface area (TPSA) is 89.8 Å². The lowest BCUT2D eigenvalue weighted by Crippen LogP contribution is -2.44. The molecule has 3 aromatic rings. The lowest BCUT2D eigenvalue weighted by Gasteiger charge is -2.27. The molecule has 0 aliphatic carbocycles. The summed E-state index contributed by atoms with van der Waals surface area (Å²) < 4.78 is 0. The summed E-state index contributed by atoms with van der Waals surface area (Å²) in [5.74, 6) is 1.44. The molecule has 0 radical (unpaired) electrons. The fraction of sp³-hybridized carbons (Fsp3) is 0.222. The van der Waals surface area contributed by atoms with Crippen LogP contribution in [0, 0.1) is 11.3 Å². The molecule has 1 aliphatic rings. The average Bonchev–Trinajstić information content (AvgIpc) is 3.24. The van der Waals surface area contributed by atoms with Crippen molar-refractivity contribution in [3.8, 4) is 16.6 Å². The summed E-state index contributed by atoms with van der Waals surface area (Å²) in [7, 11) is 0. The highest BCUT2D eigenvalue weighted by atomic mass is 32.1. The largest absolute Gasteiger partial charge is 0.340 e. The molecule has 26 heavy (non-hydrogen) atoms. The van der Waals surface area contributed by atoms with Crippen LogP contribution in [0.25, 0.3) is 10.6 Å². The smallest absolute Gasteiger partial charge is 0.227 e. The van der Waals surface area contributed by atoms with E-state index in [2.05, 4.69) is 26.6 Å². The second-order valence-corrected chi connectivity index (χ2v) is 6.74. The first-order chi connectivity index (χ1) is 12.8. The van der Waals surface area contributed by atoms with Crippen LogP contribution in [0.5, 0.6) is 0 Å². The minimum atomic E-state index is 0.630. The Hall–Kier alpha value is -3.02. The molecule has 1 saturated heterocycles. The van der Waals surface area contributed by atoms with Gasteiger partial charge in [0.15, 0.2) is 0 Å². The number of hydrogen-bond donors (Lipinski definition) is 2. The number of piperazine rings is 1. The maximum Gasteiger partial charge on any atom is 0.227 e. The van der Waals surface area contributed by atoms with Crippen molar-refractivity contribution in [3.05, 3.63) is 47.6 Å². The molecule has 2 aromatic heterocycles. The van der Waals surface area contributed by atoms with Crippen LogP contribution in [0.2, 0.25) is 0 Å². The highest BCUT2D eigenvalue weighted by Gasteiger charge is 2.16. The fourth-order valence-electron chi connectivity index (χ4n) is 2.75. The van der Waals surface area contributed by atoms with Gasteiger partial charge in [-0.3, -0.25) is 4.98 Å². The molecule has 0 saturated carbocycles.